The molecule has 110 valence electrons. The van der Waals surface area contributed by atoms with Gasteiger partial charge in [-0.15, -0.1) is 0 Å². The molecule has 1 aromatic rings. The zero-order valence-corrected chi connectivity index (χ0v) is 12.2. The number of hydrogen-bond donors (Lipinski definition) is 1. The maximum Gasteiger partial charge on any atom is 0.200 e. The van der Waals surface area contributed by atoms with Crippen molar-refractivity contribution < 1.29 is 14.6 Å². The minimum absolute atomic E-state index is 0.113. The fourth-order valence-corrected chi connectivity index (χ4v) is 3.10. The molecule has 20 heavy (non-hydrogen) atoms. The highest BCUT2D eigenvalue weighted by Gasteiger charge is 2.44. The van der Waals surface area contributed by atoms with Crippen LogP contribution in [0.3, 0.4) is 0 Å². The first kappa shape index (κ1) is 13.9. The lowest BCUT2D eigenvalue weighted by atomic mass is 10.00. The number of benzene rings is 1. The lowest BCUT2D eigenvalue weighted by molar-refractivity contribution is -0.457. The summed E-state index contributed by atoms with van der Waals surface area (Å²) in [7, 11) is 0. The van der Waals surface area contributed by atoms with Crippen molar-refractivity contribution in [3.63, 3.8) is 0 Å². The van der Waals surface area contributed by atoms with E-state index in [4.69, 9.17) is 9.47 Å². The number of anilines is 1. The van der Waals surface area contributed by atoms with Crippen LogP contribution in [0.2, 0.25) is 0 Å². The maximum atomic E-state index is 9.56. The summed E-state index contributed by atoms with van der Waals surface area (Å²) in [6.07, 6.45) is 2.27. The smallest absolute Gasteiger partial charge is 0.200 e. The number of nitrogens with zero attached hydrogens (tertiary/aromatic N) is 1. The largest absolute Gasteiger partial charge is 0.393 e. The fourth-order valence-electron chi connectivity index (χ4n) is 3.10. The van der Waals surface area contributed by atoms with Crippen LogP contribution in [0.15, 0.2) is 24.3 Å². The van der Waals surface area contributed by atoms with E-state index in [1.54, 1.807) is 0 Å². The second-order valence-corrected chi connectivity index (χ2v) is 5.67. The van der Waals surface area contributed by atoms with Crippen molar-refractivity contribution in [1.82, 2.24) is 0 Å². The topological polar surface area (TPSA) is 41.9 Å². The molecule has 0 atom stereocenters. The van der Waals surface area contributed by atoms with Gasteiger partial charge in [-0.25, -0.2) is 0 Å². The van der Waals surface area contributed by atoms with Crippen LogP contribution >= 0.6 is 0 Å². The number of hydrogen-bond acceptors (Lipinski definition) is 4. The summed E-state index contributed by atoms with van der Waals surface area (Å²) < 4.78 is 11.6. The van der Waals surface area contributed by atoms with Crippen molar-refractivity contribution >= 4 is 5.69 Å². The Kier molecular flexibility index (Phi) is 3.71. The van der Waals surface area contributed by atoms with Crippen molar-refractivity contribution in [1.29, 1.82) is 0 Å². The second-order valence-electron chi connectivity index (χ2n) is 5.67. The molecule has 2 heterocycles. The summed E-state index contributed by atoms with van der Waals surface area (Å²) in [6.45, 7) is 5.83. The number of aliphatic hydroxyl groups is 1. The van der Waals surface area contributed by atoms with Crippen LogP contribution in [0.25, 0.3) is 0 Å². The average Bonchev–Trinajstić information content (AvgIpc) is 2.45. The Morgan fingerprint density at radius 1 is 1.20 bits per heavy atom. The molecular formula is C16H23NO3. The summed E-state index contributed by atoms with van der Waals surface area (Å²) in [5.74, 6) is -0.546. The number of ether oxygens (including phenoxy) is 2. The zero-order chi connectivity index (χ0) is 14.2. The van der Waals surface area contributed by atoms with Crippen LogP contribution in [0.1, 0.15) is 38.7 Å². The van der Waals surface area contributed by atoms with E-state index >= 15 is 0 Å². The summed E-state index contributed by atoms with van der Waals surface area (Å²) in [6, 6.07) is 8.44. The number of piperidine rings is 1. The maximum absolute atomic E-state index is 9.56. The van der Waals surface area contributed by atoms with Gasteiger partial charge in [-0.05, 0) is 31.9 Å². The molecule has 2 aliphatic heterocycles. The third-order valence-electron chi connectivity index (χ3n) is 4.31. The van der Waals surface area contributed by atoms with E-state index in [1.165, 1.54) is 5.69 Å². The van der Waals surface area contributed by atoms with E-state index in [1.807, 2.05) is 6.92 Å². The summed E-state index contributed by atoms with van der Waals surface area (Å²) in [5, 5.41) is 9.56. The van der Waals surface area contributed by atoms with Gasteiger partial charge in [-0.2, -0.15) is 0 Å². The Labute approximate surface area is 120 Å². The van der Waals surface area contributed by atoms with E-state index in [2.05, 4.69) is 36.1 Å². The lowest BCUT2D eigenvalue weighted by Crippen LogP contribution is -2.49. The highest BCUT2D eigenvalue weighted by molar-refractivity contribution is 5.48. The van der Waals surface area contributed by atoms with Gasteiger partial charge < -0.3 is 19.5 Å². The molecule has 1 aromatic carbocycles. The molecule has 4 heteroatoms. The van der Waals surface area contributed by atoms with Crippen LogP contribution in [0.4, 0.5) is 5.69 Å². The molecule has 0 aromatic heterocycles. The predicted molar refractivity (Wildman–Crippen MR) is 77.5 cm³/mol. The lowest BCUT2D eigenvalue weighted by Gasteiger charge is -2.46. The molecule has 0 amide bonds. The van der Waals surface area contributed by atoms with Gasteiger partial charge in [0.2, 0.25) is 0 Å². The minimum atomic E-state index is -0.546. The molecule has 0 radical (unpaired) electrons. The molecule has 2 saturated heterocycles. The molecule has 0 bridgehead atoms. The van der Waals surface area contributed by atoms with Crippen molar-refractivity contribution in [2.75, 3.05) is 18.0 Å². The van der Waals surface area contributed by atoms with Crippen molar-refractivity contribution in [2.45, 2.75) is 51.3 Å². The minimum Gasteiger partial charge on any atom is -0.393 e. The molecule has 2 aliphatic rings. The normalized spacial score (nSPS) is 31.1. The quantitative estimate of drug-likeness (QED) is 0.922. The molecule has 4 nitrogen and oxygen atoms in total. The van der Waals surface area contributed by atoms with E-state index in [0.29, 0.717) is 0 Å². The van der Waals surface area contributed by atoms with Gasteiger partial charge in [0.1, 0.15) is 0 Å². The molecule has 2 fully saturated rings. The van der Waals surface area contributed by atoms with Gasteiger partial charge >= 0.3 is 0 Å². The monoisotopic (exact) mass is 277 g/mol. The Bertz CT molecular complexity index is 445. The first-order valence-electron chi connectivity index (χ1n) is 7.52. The fraction of sp³-hybridized carbons (Fsp3) is 0.625. The molecule has 0 saturated carbocycles. The van der Waals surface area contributed by atoms with Gasteiger partial charge in [0.25, 0.3) is 0 Å². The Morgan fingerprint density at radius 2 is 1.80 bits per heavy atom. The van der Waals surface area contributed by atoms with Gasteiger partial charge in [-0.3, -0.25) is 0 Å². The van der Waals surface area contributed by atoms with Crippen LogP contribution in [-0.2, 0) is 15.3 Å². The average molecular weight is 277 g/mol. The molecule has 0 unspecified atom stereocenters. The Morgan fingerprint density at radius 3 is 2.30 bits per heavy atom. The van der Waals surface area contributed by atoms with Crippen LogP contribution in [0, 0.1) is 0 Å². The highest BCUT2D eigenvalue weighted by atomic mass is 16.9. The second kappa shape index (κ2) is 5.35. The standard InChI is InChI=1S/C16H23NO3/c1-3-16(19-12(2)20-16)13-4-6-14(7-5-13)17-10-8-15(18)9-11-17/h4-7,12,15,18H,3,8-11H2,1-2H3. The van der Waals surface area contributed by atoms with Crippen molar-refractivity contribution in [2.24, 2.45) is 0 Å². The van der Waals surface area contributed by atoms with Crippen LogP contribution in [-0.4, -0.2) is 30.6 Å². The number of aliphatic hydroxyl groups excluding tert-OH is 1. The Balaban J connectivity index is 1.71. The van der Waals surface area contributed by atoms with E-state index in [-0.39, 0.29) is 12.4 Å². The first-order chi connectivity index (χ1) is 9.63. The molecule has 0 spiro atoms. The van der Waals surface area contributed by atoms with Gasteiger partial charge in [0, 0.05) is 30.8 Å². The molecule has 1 N–H and O–H groups in total. The van der Waals surface area contributed by atoms with Crippen molar-refractivity contribution in [3.8, 4) is 0 Å². The van der Waals surface area contributed by atoms with Crippen LogP contribution in [0.5, 0.6) is 0 Å². The van der Waals surface area contributed by atoms with Crippen LogP contribution < -0.4 is 4.90 Å². The summed E-state index contributed by atoms with van der Waals surface area (Å²) >= 11 is 0. The predicted octanol–water partition coefficient (Wildman–Crippen LogP) is 2.60. The first-order valence-corrected chi connectivity index (χ1v) is 7.52. The zero-order valence-electron chi connectivity index (χ0n) is 12.2. The third kappa shape index (κ3) is 2.43. The summed E-state index contributed by atoms with van der Waals surface area (Å²) in [5.41, 5.74) is 2.29. The summed E-state index contributed by atoms with van der Waals surface area (Å²) in [4.78, 5) is 2.32. The Hall–Kier alpha value is -1.10. The SMILES string of the molecule is CCC1(c2ccc(N3CCC(O)CC3)cc2)OC(C)O1. The van der Waals surface area contributed by atoms with E-state index in [0.717, 1.165) is 37.9 Å². The third-order valence-corrected chi connectivity index (χ3v) is 4.31. The van der Waals surface area contributed by atoms with E-state index < -0.39 is 5.79 Å². The van der Waals surface area contributed by atoms with Crippen molar-refractivity contribution in [3.05, 3.63) is 29.8 Å². The molecule has 3 rings (SSSR count). The molecule has 0 aliphatic carbocycles. The highest BCUT2D eigenvalue weighted by Crippen LogP contribution is 2.42. The van der Waals surface area contributed by atoms with Gasteiger partial charge in [0.15, 0.2) is 12.1 Å². The molecular weight excluding hydrogens is 254 g/mol. The van der Waals surface area contributed by atoms with Gasteiger partial charge in [0.05, 0.1) is 6.10 Å². The number of rotatable bonds is 3. The van der Waals surface area contributed by atoms with E-state index in [9.17, 15) is 5.11 Å². The van der Waals surface area contributed by atoms with Gasteiger partial charge in [-0.1, -0.05) is 19.1 Å².